The summed E-state index contributed by atoms with van der Waals surface area (Å²) in [5.41, 5.74) is 12.0. The van der Waals surface area contributed by atoms with E-state index in [0.717, 1.165) is 77.9 Å². The predicted molar refractivity (Wildman–Crippen MR) is 223 cm³/mol. The van der Waals surface area contributed by atoms with Crippen molar-refractivity contribution in [2.75, 3.05) is 4.90 Å². The van der Waals surface area contributed by atoms with Gasteiger partial charge in [-0.2, -0.15) is 0 Å². The molecule has 2 aromatic heterocycles. The van der Waals surface area contributed by atoms with Crippen LogP contribution in [0.25, 0.3) is 77.7 Å². The number of para-hydroxylation sites is 1. The van der Waals surface area contributed by atoms with Crippen molar-refractivity contribution in [1.29, 1.82) is 0 Å². The Kier molecular flexibility index (Phi) is 7.77. The summed E-state index contributed by atoms with van der Waals surface area (Å²) in [6.45, 7) is 0. The van der Waals surface area contributed by atoms with Crippen molar-refractivity contribution >= 4 is 49.8 Å². The van der Waals surface area contributed by atoms with Crippen molar-refractivity contribution < 1.29 is 4.42 Å². The Morgan fingerprint density at radius 3 is 1.48 bits per heavy atom. The van der Waals surface area contributed by atoms with E-state index < -0.39 is 0 Å². The number of hydrogen-bond acceptors (Lipinski definition) is 4. The largest absolute Gasteiger partial charge is 0.455 e. The average molecular weight is 692 g/mol. The van der Waals surface area contributed by atoms with Gasteiger partial charge in [-0.05, 0) is 71.1 Å². The van der Waals surface area contributed by atoms with Crippen molar-refractivity contribution in [2.45, 2.75) is 0 Å². The average Bonchev–Trinajstić information content (AvgIpc) is 3.63. The van der Waals surface area contributed by atoms with Gasteiger partial charge in [0, 0.05) is 49.9 Å². The molecule has 2 heterocycles. The van der Waals surface area contributed by atoms with Crippen LogP contribution in [0.5, 0.6) is 0 Å². The Balaban J connectivity index is 1.17. The summed E-state index contributed by atoms with van der Waals surface area (Å²) in [6, 6.07) is 69.6. The summed E-state index contributed by atoms with van der Waals surface area (Å²) >= 11 is 0. The van der Waals surface area contributed by atoms with Gasteiger partial charge in [-0.25, -0.2) is 9.97 Å². The molecule has 0 bridgehead atoms. The van der Waals surface area contributed by atoms with Crippen LogP contribution in [0, 0.1) is 0 Å². The maximum Gasteiger partial charge on any atom is 0.161 e. The first kappa shape index (κ1) is 31.4. The van der Waals surface area contributed by atoms with Gasteiger partial charge in [0.1, 0.15) is 11.2 Å². The Bertz CT molecular complexity index is 2850. The van der Waals surface area contributed by atoms with Crippen LogP contribution in [0.1, 0.15) is 0 Å². The van der Waals surface area contributed by atoms with Crippen LogP contribution in [0.15, 0.2) is 205 Å². The molecule has 0 unspecified atom stereocenters. The lowest BCUT2D eigenvalue weighted by Crippen LogP contribution is -2.09. The van der Waals surface area contributed by atoms with Crippen LogP contribution in [-0.4, -0.2) is 9.97 Å². The summed E-state index contributed by atoms with van der Waals surface area (Å²) in [4.78, 5) is 12.7. The van der Waals surface area contributed by atoms with Crippen molar-refractivity contribution in [3.05, 3.63) is 200 Å². The Hall–Kier alpha value is -7.30. The molecule has 4 heteroatoms. The van der Waals surface area contributed by atoms with Gasteiger partial charge >= 0.3 is 0 Å². The molecule has 0 atom stereocenters. The predicted octanol–water partition coefficient (Wildman–Crippen LogP) is 13.7. The fourth-order valence-electron chi connectivity index (χ4n) is 7.45. The number of rotatable bonds is 7. The molecular weight excluding hydrogens is 659 g/mol. The highest BCUT2D eigenvalue weighted by Gasteiger charge is 2.20. The van der Waals surface area contributed by atoms with Gasteiger partial charge in [0.2, 0.25) is 0 Å². The lowest BCUT2D eigenvalue weighted by atomic mass is 9.98. The first-order chi connectivity index (χ1) is 26.8. The van der Waals surface area contributed by atoms with Crippen LogP contribution < -0.4 is 4.90 Å². The quantitative estimate of drug-likeness (QED) is 0.167. The fourth-order valence-corrected chi connectivity index (χ4v) is 7.45. The first-order valence-electron chi connectivity index (χ1n) is 18.2. The molecule has 10 rings (SSSR count). The van der Waals surface area contributed by atoms with E-state index in [1.165, 1.54) is 11.1 Å². The maximum absolute atomic E-state index is 6.69. The van der Waals surface area contributed by atoms with E-state index in [0.29, 0.717) is 5.82 Å². The van der Waals surface area contributed by atoms with E-state index in [2.05, 4.69) is 163 Å². The van der Waals surface area contributed by atoms with Gasteiger partial charge in [0.05, 0.1) is 11.4 Å². The standard InChI is InChI=1S/C50H33N3O/c1-5-15-34(16-6-1)35-25-27-39(28-26-35)53(38-21-11-4-12-22-38)40-29-30-48-43(31-40)44-32-45(41-23-13-14-24-42(41)49(44)54-48)50-51-46(36-17-7-2-8-18-36)33-47(52-50)37-19-9-3-10-20-37/h1-33H. The summed E-state index contributed by atoms with van der Waals surface area (Å²) in [6.07, 6.45) is 0. The lowest BCUT2D eigenvalue weighted by Gasteiger charge is -2.25. The fraction of sp³-hybridized carbons (Fsp3) is 0. The zero-order chi connectivity index (χ0) is 35.8. The van der Waals surface area contributed by atoms with E-state index in [9.17, 15) is 0 Å². The van der Waals surface area contributed by atoms with E-state index in [1.807, 2.05) is 42.5 Å². The van der Waals surface area contributed by atoms with Crippen LogP contribution in [0.3, 0.4) is 0 Å². The van der Waals surface area contributed by atoms with E-state index >= 15 is 0 Å². The lowest BCUT2D eigenvalue weighted by molar-refractivity contribution is 0.672. The SMILES string of the molecule is c1ccc(-c2ccc(N(c3ccccc3)c3ccc4oc5c6ccccc6c(-c6nc(-c7ccccc7)cc(-c7ccccc7)n6)cc5c4c3)cc2)cc1. The summed E-state index contributed by atoms with van der Waals surface area (Å²) in [7, 11) is 0. The minimum atomic E-state index is 0.670. The van der Waals surface area contributed by atoms with Gasteiger partial charge in [0.25, 0.3) is 0 Å². The molecule has 0 aliphatic carbocycles. The van der Waals surface area contributed by atoms with Crippen LogP contribution in [0.4, 0.5) is 17.1 Å². The van der Waals surface area contributed by atoms with Gasteiger partial charge < -0.3 is 9.32 Å². The minimum Gasteiger partial charge on any atom is -0.455 e. The van der Waals surface area contributed by atoms with Crippen LogP contribution in [-0.2, 0) is 0 Å². The number of anilines is 3. The monoisotopic (exact) mass is 691 g/mol. The minimum absolute atomic E-state index is 0.670. The molecule has 254 valence electrons. The molecule has 0 aliphatic heterocycles. The van der Waals surface area contributed by atoms with Gasteiger partial charge in [-0.1, -0.05) is 146 Å². The van der Waals surface area contributed by atoms with Crippen molar-refractivity contribution in [1.82, 2.24) is 9.97 Å². The summed E-state index contributed by atoms with van der Waals surface area (Å²) in [5, 5.41) is 4.11. The number of nitrogens with zero attached hydrogens (tertiary/aromatic N) is 3. The molecule has 8 aromatic carbocycles. The number of furan rings is 1. The topological polar surface area (TPSA) is 42.2 Å². The molecule has 4 nitrogen and oxygen atoms in total. The van der Waals surface area contributed by atoms with Crippen LogP contribution >= 0.6 is 0 Å². The molecule has 0 fully saturated rings. The zero-order valence-corrected chi connectivity index (χ0v) is 29.3. The Morgan fingerprint density at radius 1 is 0.352 bits per heavy atom. The normalized spacial score (nSPS) is 11.3. The molecule has 10 aromatic rings. The second-order valence-electron chi connectivity index (χ2n) is 13.4. The van der Waals surface area contributed by atoms with E-state index in [4.69, 9.17) is 14.4 Å². The highest BCUT2D eigenvalue weighted by Crippen LogP contribution is 2.43. The first-order valence-corrected chi connectivity index (χ1v) is 18.2. The highest BCUT2D eigenvalue weighted by molar-refractivity contribution is 6.19. The molecule has 0 saturated heterocycles. The van der Waals surface area contributed by atoms with Crippen molar-refractivity contribution in [2.24, 2.45) is 0 Å². The van der Waals surface area contributed by atoms with Crippen molar-refractivity contribution in [3.8, 4) is 45.0 Å². The number of aromatic nitrogens is 2. The molecular formula is C50H33N3O. The molecule has 0 spiro atoms. The van der Waals surface area contributed by atoms with E-state index in [-0.39, 0.29) is 0 Å². The van der Waals surface area contributed by atoms with Gasteiger partial charge in [-0.3, -0.25) is 0 Å². The number of hydrogen-bond donors (Lipinski definition) is 0. The molecule has 0 aliphatic rings. The highest BCUT2D eigenvalue weighted by atomic mass is 16.3. The molecule has 0 N–H and O–H groups in total. The van der Waals surface area contributed by atoms with Gasteiger partial charge in [0.15, 0.2) is 5.82 Å². The van der Waals surface area contributed by atoms with Gasteiger partial charge in [-0.15, -0.1) is 0 Å². The molecule has 54 heavy (non-hydrogen) atoms. The molecule has 0 saturated carbocycles. The summed E-state index contributed by atoms with van der Waals surface area (Å²) < 4.78 is 6.69. The second-order valence-corrected chi connectivity index (χ2v) is 13.4. The third kappa shape index (κ3) is 5.67. The van der Waals surface area contributed by atoms with Crippen LogP contribution in [0.2, 0.25) is 0 Å². The second kappa shape index (κ2) is 13.4. The van der Waals surface area contributed by atoms with E-state index in [1.54, 1.807) is 0 Å². The Morgan fingerprint density at radius 2 is 0.852 bits per heavy atom. The Labute approximate surface area is 313 Å². The zero-order valence-electron chi connectivity index (χ0n) is 29.3. The van der Waals surface area contributed by atoms with Crippen molar-refractivity contribution in [3.63, 3.8) is 0 Å². The number of fused-ring (bicyclic) bond motifs is 5. The third-order valence-electron chi connectivity index (χ3n) is 10.1. The number of benzene rings is 8. The molecule has 0 amide bonds. The maximum atomic E-state index is 6.69. The summed E-state index contributed by atoms with van der Waals surface area (Å²) in [5.74, 6) is 0.670. The molecule has 0 radical (unpaired) electrons. The smallest absolute Gasteiger partial charge is 0.161 e. The third-order valence-corrected chi connectivity index (χ3v) is 10.1.